The zero-order valence-corrected chi connectivity index (χ0v) is 17.4. The Morgan fingerprint density at radius 2 is 2.16 bits per heavy atom. The molecule has 0 aliphatic carbocycles. The fourth-order valence-electron chi connectivity index (χ4n) is 2.69. The molecule has 1 aliphatic heterocycles. The summed E-state index contributed by atoms with van der Waals surface area (Å²) in [7, 11) is -3.42. The maximum Gasteiger partial charge on any atom is 0.252 e. The second-order valence-corrected chi connectivity index (χ2v) is 9.87. The van der Waals surface area contributed by atoms with Crippen LogP contribution in [0.5, 0.6) is 0 Å². The molecule has 2 N–H and O–H groups in total. The molecule has 0 aromatic carbocycles. The summed E-state index contributed by atoms with van der Waals surface area (Å²) in [6.07, 6.45) is 1.17. The van der Waals surface area contributed by atoms with E-state index in [1.54, 1.807) is 10.4 Å². The van der Waals surface area contributed by atoms with E-state index in [1.165, 1.54) is 11.3 Å². The van der Waals surface area contributed by atoms with E-state index in [1.807, 2.05) is 26.8 Å². The molecule has 1 fully saturated rings. The van der Waals surface area contributed by atoms with E-state index < -0.39 is 10.0 Å². The van der Waals surface area contributed by atoms with Crippen molar-refractivity contribution in [1.82, 2.24) is 14.9 Å². The number of sulfonamides is 1. The quantitative estimate of drug-likeness (QED) is 0.720. The Morgan fingerprint density at radius 3 is 2.80 bits per heavy atom. The molecule has 2 heterocycles. The fraction of sp³-hybridized carbons (Fsp3) is 0.688. The van der Waals surface area contributed by atoms with Crippen LogP contribution in [-0.2, 0) is 21.2 Å². The molecule has 1 unspecified atom stereocenters. The van der Waals surface area contributed by atoms with Crippen molar-refractivity contribution in [3.05, 3.63) is 17.0 Å². The van der Waals surface area contributed by atoms with Gasteiger partial charge in [0.15, 0.2) is 0 Å². The van der Waals surface area contributed by atoms with Gasteiger partial charge in [-0.05, 0) is 31.4 Å². The van der Waals surface area contributed by atoms with Gasteiger partial charge in [-0.15, -0.1) is 23.7 Å². The van der Waals surface area contributed by atoms with Gasteiger partial charge in [-0.1, -0.05) is 13.8 Å². The van der Waals surface area contributed by atoms with Crippen molar-refractivity contribution in [2.75, 3.05) is 26.2 Å². The van der Waals surface area contributed by atoms with Crippen LogP contribution in [0.25, 0.3) is 0 Å². The first kappa shape index (κ1) is 22.4. The number of carbonyl (C=O) groups is 1. The van der Waals surface area contributed by atoms with Crippen LogP contribution in [0, 0.1) is 5.92 Å². The molecule has 1 atom stereocenters. The molecule has 25 heavy (non-hydrogen) atoms. The largest absolute Gasteiger partial charge is 0.356 e. The van der Waals surface area contributed by atoms with Gasteiger partial charge in [-0.3, -0.25) is 4.79 Å². The highest BCUT2D eigenvalue weighted by Crippen LogP contribution is 2.26. The Balaban J connectivity index is 0.00000312. The van der Waals surface area contributed by atoms with Gasteiger partial charge in [0.2, 0.25) is 5.91 Å². The molecule has 9 heteroatoms. The van der Waals surface area contributed by atoms with Crippen molar-refractivity contribution in [2.24, 2.45) is 5.92 Å². The minimum absolute atomic E-state index is 0. The summed E-state index contributed by atoms with van der Waals surface area (Å²) in [6.45, 7) is 8.34. The summed E-state index contributed by atoms with van der Waals surface area (Å²) >= 11 is 1.30. The third-order valence-electron chi connectivity index (χ3n) is 3.93. The molecule has 6 nitrogen and oxygen atoms in total. The maximum atomic E-state index is 12.8. The number of halogens is 1. The van der Waals surface area contributed by atoms with Gasteiger partial charge >= 0.3 is 0 Å². The second-order valence-electron chi connectivity index (χ2n) is 6.59. The lowest BCUT2D eigenvalue weighted by atomic mass is 10.1. The first-order chi connectivity index (χ1) is 11.3. The molecule has 1 saturated heterocycles. The molecule has 1 aromatic heterocycles. The minimum Gasteiger partial charge on any atom is -0.356 e. The van der Waals surface area contributed by atoms with Gasteiger partial charge in [-0.25, -0.2) is 8.42 Å². The van der Waals surface area contributed by atoms with E-state index in [-0.39, 0.29) is 24.4 Å². The van der Waals surface area contributed by atoms with E-state index in [9.17, 15) is 13.2 Å². The average molecular weight is 410 g/mol. The Kier molecular flexibility index (Phi) is 8.83. The van der Waals surface area contributed by atoms with Crippen molar-refractivity contribution in [1.29, 1.82) is 0 Å². The van der Waals surface area contributed by atoms with Crippen LogP contribution < -0.4 is 10.6 Å². The van der Waals surface area contributed by atoms with E-state index in [2.05, 4.69) is 10.6 Å². The monoisotopic (exact) mass is 409 g/mol. The molecule has 1 aromatic rings. The fourth-order valence-corrected chi connectivity index (χ4v) is 5.81. The Hall–Kier alpha value is -0.670. The van der Waals surface area contributed by atoms with Crippen LogP contribution in [0.2, 0.25) is 0 Å². The van der Waals surface area contributed by atoms with Gasteiger partial charge < -0.3 is 10.6 Å². The van der Waals surface area contributed by atoms with Crippen LogP contribution in [0.1, 0.15) is 32.1 Å². The topological polar surface area (TPSA) is 78.5 Å². The smallest absolute Gasteiger partial charge is 0.252 e. The number of hydrogen-bond acceptors (Lipinski definition) is 5. The van der Waals surface area contributed by atoms with Crippen LogP contribution in [0.3, 0.4) is 0 Å². The van der Waals surface area contributed by atoms with Crippen LogP contribution in [0.15, 0.2) is 16.3 Å². The lowest BCUT2D eigenvalue weighted by molar-refractivity contribution is -0.121. The van der Waals surface area contributed by atoms with Crippen LogP contribution >= 0.6 is 23.7 Å². The maximum absolute atomic E-state index is 12.8. The van der Waals surface area contributed by atoms with Gasteiger partial charge in [-0.2, -0.15) is 4.31 Å². The number of piperazine rings is 1. The normalized spacial score (nSPS) is 18.8. The highest BCUT2D eigenvalue weighted by atomic mass is 35.5. The predicted molar refractivity (Wildman–Crippen MR) is 104 cm³/mol. The van der Waals surface area contributed by atoms with Gasteiger partial charge in [0.05, 0.1) is 0 Å². The molecule has 0 saturated carbocycles. The SMILES string of the molecule is CC(C)CC(=O)NCCc1ccc(S(=O)(=O)N2CCNCC2C)s1.Cl. The lowest BCUT2D eigenvalue weighted by Crippen LogP contribution is -2.51. The Labute approximate surface area is 160 Å². The minimum atomic E-state index is -3.42. The number of carbonyl (C=O) groups excluding carboxylic acids is 1. The summed E-state index contributed by atoms with van der Waals surface area (Å²) in [5.74, 6) is 0.383. The third-order valence-corrected chi connectivity index (χ3v) is 7.55. The van der Waals surface area contributed by atoms with Crippen molar-refractivity contribution in [2.45, 2.75) is 43.9 Å². The zero-order chi connectivity index (χ0) is 17.7. The van der Waals surface area contributed by atoms with Crippen molar-refractivity contribution >= 4 is 39.7 Å². The van der Waals surface area contributed by atoms with Crippen LogP contribution in [-0.4, -0.2) is 50.9 Å². The zero-order valence-electron chi connectivity index (χ0n) is 14.9. The van der Waals surface area contributed by atoms with Crippen molar-refractivity contribution < 1.29 is 13.2 Å². The first-order valence-corrected chi connectivity index (χ1v) is 10.6. The molecular formula is C16H28ClN3O3S2. The highest BCUT2D eigenvalue weighted by molar-refractivity contribution is 7.91. The van der Waals surface area contributed by atoms with E-state index in [4.69, 9.17) is 0 Å². The van der Waals surface area contributed by atoms with Crippen molar-refractivity contribution in [3.63, 3.8) is 0 Å². The summed E-state index contributed by atoms with van der Waals surface area (Å²) in [6, 6.07) is 3.49. The molecule has 1 aliphatic rings. The van der Waals surface area contributed by atoms with Gasteiger partial charge in [0.1, 0.15) is 4.21 Å². The molecule has 0 bridgehead atoms. The van der Waals surface area contributed by atoms with E-state index in [0.29, 0.717) is 49.1 Å². The molecule has 2 rings (SSSR count). The van der Waals surface area contributed by atoms with Crippen molar-refractivity contribution in [3.8, 4) is 0 Å². The third kappa shape index (κ3) is 6.21. The number of amides is 1. The molecular weight excluding hydrogens is 382 g/mol. The summed E-state index contributed by atoms with van der Waals surface area (Å²) < 4.78 is 27.5. The van der Waals surface area contributed by atoms with E-state index in [0.717, 1.165) is 4.88 Å². The lowest BCUT2D eigenvalue weighted by Gasteiger charge is -2.32. The number of hydrogen-bond donors (Lipinski definition) is 2. The van der Waals surface area contributed by atoms with Crippen LogP contribution in [0.4, 0.5) is 0 Å². The predicted octanol–water partition coefficient (Wildman–Crippen LogP) is 1.86. The standard InChI is InChI=1S/C16H27N3O3S2.ClH/c1-12(2)10-15(20)18-7-6-14-4-5-16(23-14)24(21,22)19-9-8-17-11-13(19)3;/h4-5,12-13,17H,6-11H2,1-3H3,(H,18,20);1H. The number of nitrogens with zero attached hydrogens (tertiary/aromatic N) is 1. The highest BCUT2D eigenvalue weighted by Gasteiger charge is 2.31. The summed E-state index contributed by atoms with van der Waals surface area (Å²) in [4.78, 5) is 12.6. The molecule has 1 amide bonds. The number of rotatable bonds is 7. The molecule has 0 radical (unpaired) electrons. The Morgan fingerprint density at radius 1 is 1.44 bits per heavy atom. The van der Waals surface area contributed by atoms with Gasteiger partial charge in [0.25, 0.3) is 10.0 Å². The molecule has 144 valence electrons. The number of nitrogens with one attached hydrogen (secondary N) is 2. The first-order valence-electron chi connectivity index (χ1n) is 8.38. The van der Waals surface area contributed by atoms with Gasteiger partial charge in [0, 0.05) is 43.5 Å². The summed E-state index contributed by atoms with van der Waals surface area (Å²) in [5, 5.41) is 6.08. The summed E-state index contributed by atoms with van der Waals surface area (Å²) in [5.41, 5.74) is 0. The van der Waals surface area contributed by atoms with E-state index >= 15 is 0 Å². The second kappa shape index (κ2) is 9.87. The number of thiophene rings is 1. The Bertz CT molecular complexity index is 661. The average Bonchev–Trinajstić information content (AvgIpc) is 2.96. The molecule has 0 spiro atoms.